The van der Waals surface area contributed by atoms with Gasteiger partial charge >= 0.3 is 189 Å². The van der Waals surface area contributed by atoms with E-state index in [9.17, 15) is 28.5 Å². The molecule has 0 atom stereocenters. The second-order valence-electron chi connectivity index (χ2n) is 11.8. The van der Waals surface area contributed by atoms with Gasteiger partial charge in [0.2, 0.25) is 0 Å². The van der Waals surface area contributed by atoms with E-state index in [0.717, 1.165) is 19.3 Å². The first kappa shape index (κ1) is 38.3. The van der Waals surface area contributed by atoms with E-state index in [1.807, 2.05) is 0 Å². The first-order chi connectivity index (χ1) is 23.0. The van der Waals surface area contributed by atoms with Crippen LogP contribution in [0.15, 0.2) is 109 Å². The normalized spacial score (nSPS) is 11.9. The van der Waals surface area contributed by atoms with E-state index in [-0.39, 0.29) is 5.91 Å². The van der Waals surface area contributed by atoms with Crippen molar-refractivity contribution in [2.75, 3.05) is 19.0 Å². The number of amides is 1. The summed E-state index contributed by atoms with van der Waals surface area (Å²) in [6, 6.07) is 36.0. The van der Waals surface area contributed by atoms with E-state index in [0.29, 0.717) is 18.4 Å². The van der Waals surface area contributed by atoms with Gasteiger partial charge in [0.15, 0.2) is 17.2 Å². The number of carbonyl (C=O) groups is 1. The van der Waals surface area contributed by atoms with Crippen LogP contribution in [0.4, 0.5) is 0 Å². The number of hydrogen-bond donors (Lipinski definition) is 5. The molecule has 4 aromatic rings. The van der Waals surface area contributed by atoms with Crippen LogP contribution in [0.3, 0.4) is 0 Å². The molecule has 0 spiro atoms. The molecule has 0 aliphatic carbocycles. The van der Waals surface area contributed by atoms with E-state index < -0.39 is 34.6 Å². The molecular formula is C38H48NO7PS. The molecule has 0 aromatic heterocycles. The first-order valence-electron chi connectivity index (χ1n) is 16.3. The van der Waals surface area contributed by atoms with E-state index in [1.54, 1.807) is 0 Å². The molecular weight excluding hydrogens is 645 g/mol. The van der Waals surface area contributed by atoms with Crippen molar-refractivity contribution in [1.82, 2.24) is 5.32 Å². The fraction of sp³-hybridized carbons (Fsp3) is 0.289. The third kappa shape index (κ3) is 12.8. The Morgan fingerprint density at radius 1 is 0.667 bits per heavy atom. The van der Waals surface area contributed by atoms with Gasteiger partial charge in [-0.15, -0.1) is 0 Å². The van der Waals surface area contributed by atoms with E-state index in [4.69, 9.17) is 4.55 Å². The average Bonchev–Trinajstić information content (AvgIpc) is 3.07. The van der Waals surface area contributed by atoms with Crippen LogP contribution in [0.2, 0.25) is 0 Å². The second kappa shape index (κ2) is 19.6. The SMILES string of the molecule is CS(=O)(=O)O.O=C(/C=C/c1cc(O)c(O)c(O)c1)NCCCCCCCCCC[PH](c1ccccc1)(c1ccccc1)c1ccccc1. The predicted octanol–water partition coefficient (Wildman–Crippen LogP) is 6.28. The van der Waals surface area contributed by atoms with Crippen molar-refractivity contribution in [3.05, 3.63) is 115 Å². The topological polar surface area (TPSA) is 144 Å². The zero-order valence-electron chi connectivity index (χ0n) is 27.5. The van der Waals surface area contributed by atoms with Crippen molar-refractivity contribution in [3.8, 4) is 17.2 Å². The number of nitrogens with one attached hydrogen (secondary N) is 1. The molecule has 8 nitrogen and oxygen atoms in total. The number of aromatic hydroxyl groups is 3. The molecule has 0 heterocycles. The Morgan fingerprint density at radius 3 is 1.46 bits per heavy atom. The molecule has 4 rings (SSSR count). The Kier molecular flexibility index (Phi) is 15.6. The first-order valence-corrected chi connectivity index (χ1v) is 20.4. The van der Waals surface area contributed by atoms with Crippen LogP contribution < -0.4 is 21.2 Å². The Hall–Kier alpha value is -4.17. The molecule has 0 aliphatic heterocycles. The minimum atomic E-state index is -3.67. The number of carbonyl (C=O) groups excluding carboxylic acids is 1. The zero-order valence-corrected chi connectivity index (χ0v) is 29.3. The third-order valence-corrected chi connectivity index (χ3v) is 13.2. The van der Waals surface area contributed by atoms with Gasteiger partial charge in [-0.25, -0.2) is 0 Å². The van der Waals surface area contributed by atoms with E-state index in [2.05, 4.69) is 96.3 Å². The van der Waals surface area contributed by atoms with Crippen molar-refractivity contribution in [2.45, 2.75) is 51.4 Å². The summed E-state index contributed by atoms with van der Waals surface area (Å²) < 4.78 is 25.9. The summed E-state index contributed by atoms with van der Waals surface area (Å²) in [5.74, 6) is -1.66. The van der Waals surface area contributed by atoms with Gasteiger partial charge in [-0.1, -0.05) is 0 Å². The Labute approximate surface area is 285 Å². The van der Waals surface area contributed by atoms with Crippen LogP contribution in [0.5, 0.6) is 17.2 Å². The number of rotatable bonds is 16. The van der Waals surface area contributed by atoms with Crippen molar-refractivity contribution in [2.24, 2.45) is 0 Å². The summed E-state index contributed by atoms with van der Waals surface area (Å²) in [6.07, 6.45) is 14.1. The summed E-state index contributed by atoms with van der Waals surface area (Å²) in [4.78, 5) is 12.1. The standard InChI is InChI=1S/C37H44NO4P.CH4O3S/c39-34-28-30(29-35(40)37(34)42)24-25-36(41)38-26-16-5-3-1-2-4-6-17-27-43(31-18-10-7-11-19-31,32-20-12-8-13-21-32)33-22-14-9-15-23-33;1-5(2,3)4/h7-15,18-25,28-29,39-40,42-43H,1-6,16-17,26-27H2,(H,38,41);1H3,(H,2,3,4)/b25-24+;. The Bertz CT molecular complexity index is 1550. The monoisotopic (exact) mass is 693 g/mol. The molecule has 0 saturated heterocycles. The van der Waals surface area contributed by atoms with Gasteiger partial charge in [0, 0.05) is 6.08 Å². The summed E-state index contributed by atoms with van der Waals surface area (Å²) in [5.41, 5.74) is 0.427. The van der Waals surface area contributed by atoms with Gasteiger partial charge in [-0.05, 0) is 23.8 Å². The van der Waals surface area contributed by atoms with Crippen LogP contribution in [0.25, 0.3) is 6.08 Å². The molecule has 1 amide bonds. The Morgan fingerprint density at radius 2 is 1.04 bits per heavy atom. The molecule has 0 aliphatic rings. The van der Waals surface area contributed by atoms with Crippen LogP contribution in [0.1, 0.15) is 56.9 Å². The number of unbranched alkanes of at least 4 members (excludes halogenated alkanes) is 7. The predicted molar refractivity (Wildman–Crippen MR) is 199 cm³/mol. The van der Waals surface area contributed by atoms with Gasteiger partial charge < -0.3 is 15.3 Å². The molecule has 0 unspecified atom stereocenters. The maximum atomic E-state index is 12.1. The molecule has 0 saturated carbocycles. The van der Waals surface area contributed by atoms with Crippen molar-refractivity contribution >= 4 is 45.3 Å². The van der Waals surface area contributed by atoms with Gasteiger partial charge in [-0.2, -0.15) is 8.42 Å². The Balaban J connectivity index is 0.00000116. The minimum absolute atomic E-state index is 0.229. The molecule has 0 fully saturated rings. The molecule has 4 aromatic carbocycles. The molecule has 10 heteroatoms. The van der Waals surface area contributed by atoms with Gasteiger partial charge in [0.25, 0.3) is 10.1 Å². The number of hydrogen-bond acceptors (Lipinski definition) is 6. The molecule has 0 radical (unpaired) electrons. The molecule has 258 valence electrons. The van der Waals surface area contributed by atoms with Gasteiger partial charge in [0.05, 0.1) is 6.26 Å². The van der Waals surface area contributed by atoms with Crippen molar-refractivity contribution < 1.29 is 33.1 Å². The average molecular weight is 694 g/mol. The number of benzene rings is 4. The van der Waals surface area contributed by atoms with Crippen molar-refractivity contribution in [1.29, 1.82) is 0 Å². The van der Waals surface area contributed by atoms with Crippen LogP contribution >= 0.6 is 7.26 Å². The van der Waals surface area contributed by atoms with E-state index in [1.165, 1.54) is 78.5 Å². The quantitative estimate of drug-likeness (QED) is 0.0305. The number of phenolic OH excluding ortho intramolecular Hbond substituents is 3. The number of phenols is 3. The fourth-order valence-electron chi connectivity index (χ4n) is 5.84. The third-order valence-electron chi connectivity index (χ3n) is 8.10. The second-order valence-corrected chi connectivity index (χ2v) is 17.4. The maximum absolute atomic E-state index is 12.1. The van der Waals surface area contributed by atoms with Crippen LogP contribution in [0, 0.1) is 0 Å². The summed E-state index contributed by atoms with van der Waals surface area (Å²) in [7, 11) is -5.79. The van der Waals surface area contributed by atoms with Gasteiger partial charge in [0.1, 0.15) is 0 Å². The summed E-state index contributed by atoms with van der Waals surface area (Å²) >= 11 is 0. The van der Waals surface area contributed by atoms with Crippen LogP contribution in [-0.2, 0) is 14.9 Å². The summed E-state index contributed by atoms with van der Waals surface area (Å²) in [5, 5.41) is 35.9. The van der Waals surface area contributed by atoms with Crippen molar-refractivity contribution in [3.63, 3.8) is 0 Å². The summed E-state index contributed by atoms with van der Waals surface area (Å²) in [6.45, 7) is 0.612. The van der Waals surface area contributed by atoms with Gasteiger partial charge in [-0.3, -0.25) is 9.35 Å². The molecule has 0 bridgehead atoms. The zero-order chi connectivity index (χ0) is 34.8. The fourth-order valence-corrected chi connectivity index (χ4v) is 10.8. The molecule has 5 N–H and O–H groups in total. The molecule has 48 heavy (non-hydrogen) atoms. The van der Waals surface area contributed by atoms with E-state index >= 15 is 0 Å². The van der Waals surface area contributed by atoms with Crippen LogP contribution in [-0.4, -0.2) is 53.2 Å².